The van der Waals surface area contributed by atoms with E-state index in [1.165, 1.54) is 36.1 Å². The fourth-order valence-corrected chi connectivity index (χ4v) is 6.41. The van der Waals surface area contributed by atoms with Crippen molar-refractivity contribution in [3.63, 3.8) is 0 Å². The van der Waals surface area contributed by atoms with Gasteiger partial charge in [0, 0.05) is 5.56 Å². The van der Waals surface area contributed by atoms with Gasteiger partial charge in [0.2, 0.25) is 0 Å². The van der Waals surface area contributed by atoms with Crippen molar-refractivity contribution in [2.45, 2.75) is 18.9 Å². The molecule has 2 aliphatic rings. The Morgan fingerprint density at radius 1 is 1.17 bits per heavy atom. The normalized spacial score (nSPS) is 16.8. The van der Waals surface area contributed by atoms with Gasteiger partial charge < -0.3 is 9.84 Å². The smallest absolute Gasteiger partial charge is 0.271 e. The van der Waals surface area contributed by atoms with Gasteiger partial charge in [-0.1, -0.05) is 47.7 Å². The molecule has 0 bridgehead atoms. The third-order valence-electron chi connectivity index (χ3n) is 6.63. The van der Waals surface area contributed by atoms with Gasteiger partial charge in [0.1, 0.15) is 5.82 Å². The summed E-state index contributed by atoms with van der Waals surface area (Å²) < 4.78 is 21.8. The lowest BCUT2D eigenvalue weighted by atomic mass is 9.83. The highest BCUT2D eigenvalue weighted by Gasteiger charge is 2.32. The van der Waals surface area contributed by atoms with E-state index in [2.05, 4.69) is 28.1 Å². The number of phenolic OH excluding ortho intramolecular Hbond substituents is 1. The number of benzene rings is 3. The Bertz CT molecular complexity index is 1740. The molecule has 0 unspecified atom stereocenters. The lowest BCUT2D eigenvalue weighted by Gasteiger charge is -2.30. The first-order valence-corrected chi connectivity index (χ1v) is 13.0. The van der Waals surface area contributed by atoms with E-state index in [4.69, 9.17) is 9.73 Å². The van der Waals surface area contributed by atoms with Crippen molar-refractivity contribution in [3.05, 3.63) is 118 Å². The quantitative estimate of drug-likeness (QED) is 0.385. The highest BCUT2D eigenvalue weighted by molar-refractivity contribution is 9.10. The first-order chi connectivity index (χ1) is 17.4. The molecule has 1 aliphatic heterocycles. The van der Waals surface area contributed by atoms with E-state index in [1.807, 2.05) is 12.1 Å². The maximum absolute atomic E-state index is 13.8. The average Bonchev–Trinajstić information content (AvgIpc) is 3.19. The van der Waals surface area contributed by atoms with Crippen molar-refractivity contribution in [2.75, 3.05) is 7.11 Å². The number of aryl methyl sites for hydroxylation is 1. The fourth-order valence-electron chi connectivity index (χ4n) is 4.95. The van der Waals surface area contributed by atoms with Crippen LogP contribution in [-0.4, -0.2) is 16.8 Å². The summed E-state index contributed by atoms with van der Waals surface area (Å²) in [4.78, 5) is 19.4. The number of aromatic nitrogens is 1. The van der Waals surface area contributed by atoms with Crippen molar-refractivity contribution in [3.8, 4) is 11.5 Å². The first kappa shape index (κ1) is 22.9. The minimum atomic E-state index is -0.367. The molecule has 0 radical (unpaired) electrons. The lowest BCUT2D eigenvalue weighted by molar-refractivity contribution is 0.372. The first-order valence-electron chi connectivity index (χ1n) is 11.4. The van der Waals surface area contributed by atoms with E-state index >= 15 is 0 Å². The maximum atomic E-state index is 13.8. The van der Waals surface area contributed by atoms with Crippen LogP contribution in [0.3, 0.4) is 0 Å². The van der Waals surface area contributed by atoms with Crippen LogP contribution in [0.4, 0.5) is 4.39 Å². The van der Waals surface area contributed by atoms with E-state index in [-0.39, 0.29) is 23.2 Å². The zero-order valence-corrected chi connectivity index (χ0v) is 21.6. The number of fused-ring (bicyclic) bond motifs is 3. The number of aromatic hydroxyl groups is 1. The Labute approximate surface area is 218 Å². The number of halogens is 2. The van der Waals surface area contributed by atoms with Crippen LogP contribution in [0.15, 0.2) is 80.5 Å². The maximum Gasteiger partial charge on any atom is 0.271 e. The lowest BCUT2D eigenvalue weighted by Crippen LogP contribution is -2.38. The SMILES string of the molecule is COc1cc(/C=c2/sc3n(c2=O)[C@@H](c2ccc(F)cc2)C2=C(N=3)c3ccccc3CC2)cc(Br)c1O. The molecule has 36 heavy (non-hydrogen) atoms. The van der Waals surface area contributed by atoms with E-state index in [9.17, 15) is 14.3 Å². The Morgan fingerprint density at radius 2 is 1.94 bits per heavy atom. The minimum Gasteiger partial charge on any atom is -0.503 e. The number of rotatable bonds is 3. The molecular weight excluding hydrogens is 543 g/mol. The van der Waals surface area contributed by atoms with Gasteiger partial charge in [-0.25, -0.2) is 9.38 Å². The summed E-state index contributed by atoms with van der Waals surface area (Å²) in [5.74, 6) is -0.0142. The van der Waals surface area contributed by atoms with Gasteiger partial charge in [-0.15, -0.1) is 0 Å². The molecule has 0 amide bonds. The molecule has 1 atom stereocenters. The van der Waals surface area contributed by atoms with E-state index < -0.39 is 0 Å². The Kier molecular flexibility index (Phi) is 5.65. The summed E-state index contributed by atoms with van der Waals surface area (Å²) in [6, 6.07) is 17.6. The number of methoxy groups -OCH3 is 1. The van der Waals surface area contributed by atoms with Crippen LogP contribution >= 0.6 is 27.3 Å². The zero-order valence-electron chi connectivity index (χ0n) is 19.2. The number of nitrogens with zero attached hydrogens (tertiary/aromatic N) is 2. The van der Waals surface area contributed by atoms with Gasteiger partial charge in [-0.2, -0.15) is 0 Å². The Morgan fingerprint density at radius 3 is 2.72 bits per heavy atom. The summed E-state index contributed by atoms with van der Waals surface area (Å²) >= 11 is 4.66. The molecule has 180 valence electrons. The predicted molar refractivity (Wildman–Crippen MR) is 142 cm³/mol. The molecular formula is C28H20BrFN2O3S. The number of allylic oxidation sites excluding steroid dienone is 1. The van der Waals surface area contributed by atoms with E-state index in [0.717, 1.165) is 35.2 Å². The number of hydrogen-bond donors (Lipinski definition) is 1. The van der Waals surface area contributed by atoms with Gasteiger partial charge in [0.15, 0.2) is 16.3 Å². The molecule has 1 N–H and O–H groups in total. The molecule has 5 nitrogen and oxygen atoms in total. The molecule has 1 aromatic heterocycles. The third-order valence-corrected chi connectivity index (χ3v) is 8.21. The molecule has 0 spiro atoms. The van der Waals surface area contributed by atoms with Crippen molar-refractivity contribution >= 4 is 39.0 Å². The van der Waals surface area contributed by atoms with Gasteiger partial charge >= 0.3 is 0 Å². The zero-order chi connectivity index (χ0) is 25.0. The highest BCUT2D eigenvalue weighted by atomic mass is 79.9. The van der Waals surface area contributed by atoms with Gasteiger partial charge in [-0.3, -0.25) is 9.36 Å². The summed E-state index contributed by atoms with van der Waals surface area (Å²) in [5, 5.41) is 10.2. The summed E-state index contributed by atoms with van der Waals surface area (Å²) in [6.45, 7) is 0. The number of thiazole rings is 1. The standard InChI is InChI=1S/C28H20BrFN2O3S/c1-35-22-13-15(12-21(29)26(22)33)14-23-27(34)32-25(17-6-9-18(30)10-7-17)20-11-8-16-4-2-3-5-19(16)24(20)31-28(32)36-23/h2-7,9-10,12-14,25,33H,8,11H2,1H3/b23-14+/t25-/m0/s1. The second-order valence-electron chi connectivity index (χ2n) is 8.72. The highest BCUT2D eigenvalue weighted by Crippen LogP contribution is 2.41. The van der Waals surface area contributed by atoms with Crippen molar-refractivity contribution in [1.29, 1.82) is 0 Å². The molecule has 1 aliphatic carbocycles. The number of ether oxygens (including phenoxy) is 1. The number of hydrogen-bond acceptors (Lipinski definition) is 5. The molecule has 4 aromatic rings. The van der Waals surface area contributed by atoms with Crippen LogP contribution in [-0.2, 0) is 6.42 Å². The number of phenols is 1. The molecule has 0 fully saturated rings. The molecule has 0 saturated carbocycles. The molecule has 2 heterocycles. The van der Waals surface area contributed by atoms with Gasteiger partial charge in [-0.05, 0) is 81.4 Å². The molecule has 3 aromatic carbocycles. The second-order valence-corrected chi connectivity index (χ2v) is 10.6. The van der Waals surface area contributed by atoms with Crippen LogP contribution in [0.2, 0.25) is 0 Å². The van der Waals surface area contributed by atoms with Crippen LogP contribution in [0.5, 0.6) is 11.5 Å². The predicted octanol–water partition coefficient (Wildman–Crippen LogP) is 4.93. The second kappa shape index (κ2) is 8.87. The Balaban J connectivity index is 1.61. The fraction of sp³-hybridized carbons (Fsp3) is 0.143. The Hall–Kier alpha value is -3.49. The van der Waals surface area contributed by atoms with Crippen molar-refractivity contribution < 1.29 is 14.2 Å². The van der Waals surface area contributed by atoms with Crippen molar-refractivity contribution in [2.24, 2.45) is 4.99 Å². The summed E-state index contributed by atoms with van der Waals surface area (Å²) in [6.07, 6.45) is 3.40. The van der Waals surface area contributed by atoms with E-state index in [1.54, 1.807) is 34.9 Å². The average molecular weight is 563 g/mol. The van der Waals surface area contributed by atoms with Crippen LogP contribution in [0, 0.1) is 5.82 Å². The van der Waals surface area contributed by atoms with Gasteiger partial charge in [0.25, 0.3) is 5.56 Å². The third kappa shape index (κ3) is 3.72. The minimum absolute atomic E-state index is 0.00115. The van der Waals surface area contributed by atoms with Crippen LogP contribution in [0.25, 0.3) is 11.8 Å². The monoisotopic (exact) mass is 562 g/mol. The van der Waals surface area contributed by atoms with Crippen molar-refractivity contribution in [1.82, 2.24) is 4.57 Å². The molecule has 6 rings (SSSR count). The largest absolute Gasteiger partial charge is 0.503 e. The van der Waals surface area contributed by atoms with Gasteiger partial charge in [0.05, 0.1) is 27.9 Å². The topological polar surface area (TPSA) is 63.8 Å². The van der Waals surface area contributed by atoms with Crippen LogP contribution in [0.1, 0.15) is 34.7 Å². The molecule has 0 saturated heterocycles. The van der Waals surface area contributed by atoms with E-state index in [0.29, 0.717) is 25.1 Å². The summed E-state index contributed by atoms with van der Waals surface area (Å²) in [5.41, 5.74) is 5.66. The summed E-state index contributed by atoms with van der Waals surface area (Å²) in [7, 11) is 1.48. The van der Waals surface area contributed by atoms with Crippen LogP contribution < -0.4 is 19.6 Å². The molecule has 8 heteroatoms.